The number of aromatic nitrogens is 2. The summed E-state index contributed by atoms with van der Waals surface area (Å²) >= 11 is 0. The molecule has 0 spiro atoms. The maximum Gasteiger partial charge on any atom is 0.159 e. The van der Waals surface area contributed by atoms with Crippen LogP contribution in [-0.2, 0) is 0 Å². The van der Waals surface area contributed by atoms with E-state index in [-0.39, 0.29) is 12.1 Å². The largest absolute Gasteiger partial charge is 0.456 e. The highest BCUT2D eigenvalue weighted by Crippen LogP contribution is 2.53. The highest BCUT2D eigenvalue weighted by molar-refractivity contribution is 6.17. The van der Waals surface area contributed by atoms with Crippen molar-refractivity contribution in [1.29, 1.82) is 0 Å². The molecule has 11 aromatic rings. The zero-order valence-electron chi connectivity index (χ0n) is 34.0. The fourth-order valence-electron chi connectivity index (χ4n) is 9.99. The number of hydrogen-bond acceptors (Lipinski definition) is 5. The first-order chi connectivity index (χ1) is 31.2. The van der Waals surface area contributed by atoms with Gasteiger partial charge in [0.25, 0.3) is 0 Å². The molecule has 2 atom stereocenters. The van der Waals surface area contributed by atoms with Crippen LogP contribution in [0.15, 0.2) is 221 Å². The normalized spacial score (nSPS) is 15.6. The lowest BCUT2D eigenvalue weighted by Gasteiger charge is -2.23. The van der Waals surface area contributed by atoms with Crippen molar-refractivity contribution in [2.75, 3.05) is 0 Å². The first-order valence-corrected chi connectivity index (χ1v) is 21.4. The fourth-order valence-corrected chi connectivity index (χ4v) is 9.99. The van der Waals surface area contributed by atoms with Crippen molar-refractivity contribution in [3.8, 4) is 28.1 Å². The van der Waals surface area contributed by atoms with Crippen molar-refractivity contribution in [3.05, 3.63) is 240 Å². The molecule has 0 fully saturated rings. The van der Waals surface area contributed by atoms with Gasteiger partial charge in [-0.1, -0.05) is 164 Å². The van der Waals surface area contributed by atoms with E-state index in [9.17, 15) is 0 Å². The minimum atomic E-state index is -0.269. The van der Waals surface area contributed by atoms with E-state index in [1.165, 1.54) is 49.6 Å². The van der Waals surface area contributed by atoms with Gasteiger partial charge < -0.3 is 14.3 Å². The minimum Gasteiger partial charge on any atom is -0.456 e. The molecule has 13 rings (SSSR count). The Morgan fingerprint density at radius 2 is 1.25 bits per heavy atom. The number of aliphatic imine (C=N–C) groups is 2. The number of rotatable bonds is 6. The SMILES string of the molecule is c1ccc(C2=NC(c3ccc(-c4nccc5oc6ccc(C7c8ccccc8-c8c7ccc7c9ccccc9n(-c9ccccc9)c87)cc6c45)cc3)=NC(c3ccccc3)N2)cc1. The number of nitrogens with one attached hydrogen (secondary N) is 1. The third-order valence-electron chi connectivity index (χ3n) is 12.8. The third-order valence-corrected chi connectivity index (χ3v) is 12.8. The summed E-state index contributed by atoms with van der Waals surface area (Å²) in [4.78, 5) is 15.1. The van der Waals surface area contributed by atoms with Gasteiger partial charge in [0.15, 0.2) is 5.84 Å². The molecule has 1 N–H and O–H groups in total. The van der Waals surface area contributed by atoms with Crippen molar-refractivity contribution >= 4 is 55.4 Å². The van der Waals surface area contributed by atoms with Crippen LogP contribution in [0.4, 0.5) is 0 Å². The van der Waals surface area contributed by atoms with E-state index < -0.39 is 0 Å². The maximum absolute atomic E-state index is 6.57. The van der Waals surface area contributed by atoms with Gasteiger partial charge in [0.1, 0.15) is 23.2 Å². The number of benzene rings is 8. The molecule has 6 nitrogen and oxygen atoms in total. The maximum atomic E-state index is 6.57. The van der Waals surface area contributed by atoms with Gasteiger partial charge in [0.05, 0.1) is 22.1 Å². The van der Waals surface area contributed by atoms with Crippen LogP contribution in [0.1, 0.15) is 45.5 Å². The van der Waals surface area contributed by atoms with E-state index in [0.29, 0.717) is 5.84 Å². The summed E-state index contributed by atoms with van der Waals surface area (Å²) in [7, 11) is 0. The molecule has 2 unspecified atom stereocenters. The Balaban J connectivity index is 0.934. The second-order valence-corrected chi connectivity index (χ2v) is 16.3. The average Bonchev–Trinajstić information content (AvgIpc) is 4.02. The Bertz CT molecular complexity index is 3640. The molecule has 4 heterocycles. The third kappa shape index (κ3) is 5.62. The number of fused-ring (bicyclic) bond motifs is 10. The Hall–Kier alpha value is -8.35. The summed E-state index contributed by atoms with van der Waals surface area (Å²) in [5.41, 5.74) is 16.5. The number of furan rings is 1. The topological polar surface area (TPSA) is 67.7 Å². The van der Waals surface area contributed by atoms with Crippen molar-refractivity contribution < 1.29 is 4.42 Å². The number of pyridine rings is 1. The summed E-state index contributed by atoms with van der Waals surface area (Å²) < 4.78 is 9.02. The highest BCUT2D eigenvalue weighted by atomic mass is 16.3. The van der Waals surface area contributed by atoms with Gasteiger partial charge in [-0.2, -0.15) is 0 Å². The zero-order chi connectivity index (χ0) is 41.4. The van der Waals surface area contributed by atoms with Crippen molar-refractivity contribution in [1.82, 2.24) is 14.9 Å². The van der Waals surface area contributed by atoms with E-state index in [2.05, 4.69) is 168 Å². The van der Waals surface area contributed by atoms with Gasteiger partial charge >= 0.3 is 0 Å². The Labute approximate surface area is 363 Å². The quantitative estimate of drug-likeness (QED) is 0.182. The van der Waals surface area contributed by atoms with Gasteiger partial charge in [0, 0.05) is 56.2 Å². The van der Waals surface area contributed by atoms with Gasteiger partial charge in [-0.05, 0) is 64.2 Å². The van der Waals surface area contributed by atoms with Crippen LogP contribution >= 0.6 is 0 Å². The lowest BCUT2D eigenvalue weighted by atomic mass is 9.88. The van der Waals surface area contributed by atoms with Gasteiger partial charge in [0.2, 0.25) is 0 Å². The van der Waals surface area contributed by atoms with Crippen LogP contribution in [0.2, 0.25) is 0 Å². The molecule has 63 heavy (non-hydrogen) atoms. The molecule has 0 saturated heterocycles. The molecule has 0 radical (unpaired) electrons. The first-order valence-electron chi connectivity index (χ1n) is 21.4. The number of hydrogen-bond donors (Lipinski definition) is 1. The Kier molecular flexibility index (Phi) is 7.93. The molecule has 3 aromatic heterocycles. The standard InChI is InChI=1S/C57H37N5O/c1-4-14-36(15-5-1)55-59-56(37-16-6-2-7-17-37)61-57(60-55)38-26-24-35(25-27-38)53-52-46-34-39(28-31-48(46)63-49(52)32-33-58-53)50-42-21-10-11-22-43(42)51-45(50)30-29-44-41-20-12-13-23-47(41)62(54(44)51)40-18-8-3-9-19-40/h1-34,50,55H,(H,59,60,61). The molecule has 0 amide bonds. The van der Waals surface area contributed by atoms with Gasteiger partial charge in [-0.3, -0.25) is 4.98 Å². The molecule has 6 heteroatoms. The summed E-state index contributed by atoms with van der Waals surface area (Å²) in [6, 6.07) is 70.8. The second-order valence-electron chi connectivity index (χ2n) is 16.3. The van der Waals surface area contributed by atoms with Crippen LogP contribution in [0.3, 0.4) is 0 Å². The van der Waals surface area contributed by atoms with Crippen LogP contribution in [-0.4, -0.2) is 21.2 Å². The van der Waals surface area contributed by atoms with E-state index in [0.717, 1.165) is 61.4 Å². The summed E-state index contributed by atoms with van der Waals surface area (Å²) in [6.45, 7) is 0. The van der Waals surface area contributed by atoms with E-state index in [4.69, 9.17) is 19.4 Å². The Morgan fingerprint density at radius 1 is 0.524 bits per heavy atom. The van der Waals surface area contributed by atoms with E-state index >= 15 is 0 Å². The van der Waals surface area contributed by atoms with Crippen molar-refractivity contribution in [3.63, 3.8) is 0 Å². The van der Waals surface area contributed by atoms with Crippen molar-refractivity contribution in [2.24, 2.45) is 9.98 Å². The zero-order valence-corrected chi connectivity index (χ0v) is 34.0. The molecule has 1 aliphatic heterocycles. The molecule has 1 aliphatic carbocycles. The summed E-state index contributed by atoms with van der Waals surface area (Å²) in [6.07, 6.45) is 1.57. The lowest BCUT2D eigenvalue weighted by molar-refractivity contribution is 0.668. The molecule has 0 saturated carbocycles. The molecule has 296 valence electrons. The predicted octanol–water partition coefficient (Wildman–Crippen LogP) is 13.4. The fraction of sp³-hybridized carbons (Fsp3) is 0.0351. The molecular formula is C57H37N5O. The monoisotopic (exact) mass is 807 g/mol. The molecule has 8 aromatic carbocycles. The highest BCUT2D eigenvalue weighted by Gasteiger charge is 2.34. The van der Waals surface area contributed by atoms with E-state index in [1.54, 1.807) is 0 Å². The number of nitrogens with zero attached hydrogens (tertiary/aromatic N) is 4. The Morgan fingerprint density at radius 3 is 2.10 bits per heavy atom. The van der Waals surface area contributed by atoms with Crippen LogP contribution in [0.5, 0.6) is 0 Å². The first kappa shape index (κ1) is 35.4. The molecular weight excluding hydrogens is 771 g/mol. The average molecular weight is 808 g/mol. The predicted molar refractivity (Wildman–Crippen MR) is 256 cm³/mol. The van der Waals surface area contributed by atoms with Gasteiger partial charge in [-0.25, -0.2) is 9.98 Å². The molecule has 2 aliphatic rings. The van der Waals surface area contributed by atoms with Crippen LogP contribution < -0.4 is 5.32 Å². The minimum absolute atomic E-state index is 0.0309. The van der Waals surface area contributed by atoms with Gasteiger partial charge in [-0.15, -0.1) is 0 Å². The second kappa shape index (κ2) is 14.1. The van der Waals surface area contributed by atoms with E-state index in [1.807, 2.05) is 48.7 Å². The van der Waals surface area contributed by atoms with Crippen molar-refractivity contribution in [2.45, 2.75) is 12.1 Å². The molecule has 0 bridgehead atoms. The lowest BCUT2D eigenvalue weighted by Crippen LogP contribution is -2.33. The smallest absolute Gasteiger partial charge is 0.159 e. The number of amidine groups is 2. The summed E-state index contributed by atoms with van der Waals surface area (Å²) in [5, 5.41) is 8.12. The summed E-state index contributed by atoms with van der Waals surface area (Å²) in [5.74, 6) is 1.50. The van der Waals surface area contributed by atoms with Crippen LogP contribution in [0.25, 0.3) is 71.8 Å². The van der Waals surface area contributed by atoms with Crippen LogP contribution in [0, 0.1) is 0 Å². The number of para-hydroxylation sites is 2.